The fourth-order valence-electron chi connectivity index (χ4n) is 2.75. The molecule has 1 nitrogen and oxygen atoms in total. The summed E-state index contributed by atoms with van der Waals surface area (Å²) in [6.07, 6.45) is 7.62. The van der Waals surface area contributed by atoms with Crippen LogP contribution in [0.2, 0.25) is 0 Å². The molecule has 16 heavy (non-hydrogen) atoms. The lowest BCUT2D eigenvalue weighted by molar-refractivity contribution is -0.00923. The Hall–Kier alpha value is -0.340. The third-order valence-electron chi connectivity index (χ3n) is 3.89. The third kappa shape index (κ3) is 2.49. The van der Waals surface area contributed by atoms with Gasteiger partial charge in [0.1, 0.15) is 0 Å². The molecule has 2 heteroatoms. The molecule has 1 atom stereocenters. The summed E-state index contributed by atoms with van der Waals surface area (Å²) in [6.45, 7) is 4.12. The highest BCUT2D eigenvalue weighted by atomic mass is 32.1. The van der Waals surface area contributed by atoms with Gasteiger partial charge in [-0.25, -0.2) is 0 Å². The van der Waals surface area contributed by atoms with Crippen molar-refractivity contribution >= 4 is 11.3 Å². The number of hydrogen-bond donors (Lipinski definition) is 1. The number of hydrogen-bond acceptors (Lipinski definition) is 2. The first kappa shape index (κ1) is 12.1. The summed E-state index contributed by atoms with van der Waals surface area (Å²) >= 11 is 1.75. The molecule has 1 saturated carbocycles. The molecule has 1 aliphatic rings. The zero-order valence-corrected chi connectivity index (χ0v) is 11.1. The van der Waals surface area contributed by atoms with Crippen molar-refractivity contribution in [3.63, 3.8) is 0 Å². The highest BCUT2D eigenvalue weighted by Crippen LogP contribution is 2.40. The first-order valence-corrected chi connectivity index (χ1v) is 7.21. The van der Waals surface area contributed by atoms with Gasteiger partial charge in [-0.1, -0.05) is 25.7 Å². The molecule has 1 aromatic heterocycles. The molecule has 0 aliphatic heterocycles. The van der Waals surface area contributed by atoms with Crippen molar-refractivity contribution in [3.05, 3.63) is 21.9 Å². The smallest absolute Gasteiger partial charge is 0.0987 e. The summed E-state index contributed by atoms with van der Waals surface area (Å²) in [6, 6.07) is 4.22. The summed E-state index contributed by atoms with van der Waals surface area (Å²) in [4.78, 5) is 2.45. The Balaban J connectivity index is 2.16. The van der Waals surface area contributed by atoms with Gasteiger partial charge in [0.25, 0.3) is 0 Å². The summed E-state index contributed by atoms with van der Waals surface area (Å²) < 4.78 is 0. The van der Waals surface area contributed by atoms with Gasteiger partial charge in [0.05, 0.1) is 5.60 Å². The molecule has 0 amide bonds. The second-order valence-corrected chi connectivity index (χ2v) is 6.53. The van der Waals surface area contributed by atoms with Crippen LogP contribution in [0.25, 0.3) is 0 Å². The van der Waals surface area contributed by atoms with E-state index in [1.165, 1.54) is 43.4 Å². The van der Waals surface area contributed by atoms with Crippen LogP contribution in [0.1, 0.15) is 55.2 Å². The Morgan fingerprint density at radius 3 is 2.31 bits per heavy atom. The Bertz CT molecular complexity index is 332. The van der Waals surface area contributed by atoms with Crippen LogP contribution in [0.5, 0.6) is 0 Å². The molecule has 90 valence electrons. The van der Waals surface area contributed by atoms with Crippen molar-refractivity contribution in [1.82, 2.24) is 0 Å². The molecule has 1 N–H and O–H groups in total. The van der Waals surface area contributed by atoms with Gasteiger partial charge < -0.3 is 5.11 Å². The number of aryl methyl sites for hydroxylation is 1. The van der Waals surface area contributed by atoms with Crippen molar-refractivity contribution in [2.45, 2.75) is 58.0 Å². The quantitative estimate of drug-likeness (QED) is 0.764. The topological polar surface area (TPSA) is 20.2 Å². The molecular weight excluding hydrogens is 216 g/mol. The molecule has 0 aromatic carbocycles. The van der Waals surface area contributed by atoms with E-state index in [1.54, 1.807) is 11.3 Å². The number of aliphatic hydroxyl groups is 1. The Kier molecular flexibility index (Phi) is 3.70. The largest absolute Gasteiger partial charge is 0.384 e. The van der Waals surface area contributed by atoms with Crippen molar-refractivity contribution in [3.8, 4) is 0 Å². The van der Waals surface area contributed by atoms with E-state index in [9.17, 15) is 5.11 Å². The van der Waals surface area contributed by atoms with Crippen LogP contribution in [0.4, 0.5) is 0 Å². The van der Waals surface area contributed by atoms with Crippen LogP contribution >= 0.6 is 11.3 Å². The molecule has 1 aliphatic carbocycles. The summed E-state index contributed by atoms with van der Waals surface area (Å²) in [5.74, 6) is 0.452. The molecule has 0 radical (unpaired) electrons. The lowest BCUT2D eigenvalue weighted by atomic mass is 9.82. The Morgan fingerprint density at radius 1 is 1.19 bits per heavy atom. The SMILES string of the molecule is Cc1ccc(C(C)(O)C2CCCCCC2)s1. The van der Waals surface area contributed by atoms with E-state index in [0.29, 0.717) is 5.92 Å². The van der Waals surface area contributed by atoms with Crippen LogP contribution in [0.3, 0.4) is 0 Å². The van der Waals surface area contributed by atoms with Crippen molar-refractivity contribution in [2.24, 2.45) is 5.92 Å². The van der Waals surface area contributed by atoms with E-state index in [0.717, 1.165) is 4.88 Å². The predicted octanol–water partition coefficient (Wildman–Crippen LogP) is 4.23. The average molecular weight is 238 g/mol. The van der Waals surface area contributed by atoms with E-state index in [-0.39, 0.29) is 0 Å². The first-order valence-electron chi connectivity index (χ1n) is 6.40. The molecule has 1 aromatic rings. The van der Waals surface area contributed by atoms with E-state index in [2.05, 4.69) is 19.1 Å². The number of rotatable bonds is 2. The van der Waals surface area contributed by atoms with Crippen LogP contribution in [-0.4, -0.2) is 5.11 Å². The zero-order chi connectivity index (χ0) is 11.6. The normalized spacial score (nSPS) is 22.7. The van der Waals surface area contributed by atoms with E-state index in [4.69, 9.17) is 0 Å². The molecule has 0 saturated heterocycles. The monoisotopic (exact) mass is 238 g/mol. The van der Waals surface area contributed by atoms with Crippen LogP contribution in [-0.2, 0) is 5.60 Å². The first-order chi connectivity index (χ1) is 7.60. The van der Waals surface area contributed by atoms with Crippen LogP contribution < -0.4 is 0 Å². The van der Waals surface area contributed by atoms with Gasteiger partial charge in [-0.2, -0.15) is 0 Å². The van der Waals surface area contributed by atoms with Gasteiger partial charge in [0.2, 0.25) is 0 Å². The summed E-state index contributed by atoms with van der Waals surface area (Å²) in [5, 5.41) is 10.8. The van der Waals surface area contributed by atoms with E-state index in [1.807, 2.05) is 6.92 Å². The second-order valence-electron chi connectivity index (χ2n) is 5.25. The minimum Gasteiger partial charge on any atom is -0.384 e. The summed E-state index contributed by atoms with van der Waals surface area (Å²) in [5.41, 5.74) is -0.608. The average Bonchev–Trinajstić information content (AvgIpc) is 2.54. The Labute approximate surface area is 103 Å². The molecule has 1 heterocycles. The van der Waals surface area contributed by atoms with Gasteiger partial charge in [0.15, 0.2) is 0 Å². The predicted molar refractivity (Wildman–Crippen MR) is 69.8 cm³/mol. The fraction of sp³-hybridized carbons (Fsp3) is 0.714. The third-order valence-corrected chi connectivity index (χ3v) is 5.12. The molecular formula is C14H22OS. The molecule has 2 rings (SSSR count). The second kappa shape index (κ2) is 4.89. The van der Waals surface area contributed by atoms with Crippen LogP contribution in [0.15, 0.2) is 12.1 Å². The molecule has 1 unspecified atom stereocenters. The van der Waals surface area contributed by atoms with E-state index >= 15 is 0 Å². The van der Waals surface area contributed by atoms with Crippen molar-refractivity contribution in [2.75, 3.05) is 0 Å². The van der Waals surface area contributed by atoms with Gasteiger partial charge in [-0.3, -0.25) is 0 Å². The standard InChI is InChI=1S/C14H22OS/c1-11-9-10-13(16-11)14(2,15)12-7-5-3-4-6-8-12/h9-10,12,15H,3-8H2,1-2H3. The minimum absolute atomic E-state index is 0.452. The highest BCUT2D eigenvalue weighted by Gasteiger charge is 2.34. The molecule has 0 spiro atoms. The minimum atomic E-state index is -0.608. The maximum absolute atomic E-state index is 10.8. The van der Waals surface area contributed by atoms with Gasteiger partial charge >= 0.3 is 0 Å². The van der Waals surface area contributed by atoms with Gasteiger partial charge in [-0.05, 0) is 44.7 Å². The zero-order valence-electron chi connectivity index (χ0n) is 10.3. The van der Waals surface area contributed by atoms with Gasteiger partial charge in [-0.15, -0.1) is 11.3 Å². The molecule has 0 bridgehead atoms. The van der Waals surface area contributed by atoms with Crippen molar-refractivity contribution in [1.29, 1.82) is 0 Å². The fourth-order valence-corrected chi connectivity index (χ4v) is 3.74. The van der Waals surface area contributed by atoms with Crippen molar-refractivity contribution < 1.29 is 5.11 Å². The Morgan fingerprint density at radius 2 is 1.81 bits per heavy atom. The van der Waals surface area contributed by atoms with E-state index < -0.39 is 5.60 Å². The number of thiophene rings is 1. The lowest BCUT2D eigenvalue weighted by Gasteiger charge is -2.31. The maximum atomic E-state index is 10.8. The van der Waals surface area contributed by atoms with Crippen LogP contribution in [0, 0.1) is 12.8 Å². The lowest BCUT2D eigenvalue weighted by Crippen LogP contribution is -2.30. The van der Waals surface area contributed by atoms with Gasteiger partial charge in [0, 0.05) is 9.75 Å². The maximum Gasteiger partial charge on any atom is 0.0987 e. The highest BCUT2D eigenvalue weighted by molar-refractivity contribution is 7.12. The summed E-state index contributed by atoms with van der Waals surface area (Å²) in [7, 11) is 0. The molecule has 1 fully saturated rings.